The lowest BCUT2D eigenvalue weighted by atomic mass is 9.68. The van der Waals surface area contributed by atoms with Gasteiger partial charge in [0.1, 0.15) is 5.41 Å². The largest absolute Gasteiger partial charge is 0.325 e. The Morgan fingerprint density at radius 2 is 0.966 bits per heavy atom. The maximum atomic E-state index is 14.0. The van der Waals surface area contributed by atoms with Gasteiger partial charge in [0.25, 0.3) is 0 Å². The molecule has 4 aromatic rings. The second kappa shape index (κ2) is 8.15. The molecule has 1 N–H and O–H groups in total. The molecule has 0 aliphatic rings. The quantitative estimate of drug-likeness (QED) is 0.427. The van der Waals surface area contributed by atoms with Crippen LogP contribution in [0.25, 0.3) is 0 Å². The van der Waals surface area contributed by atoms with Gasteiger partial charge in [0.15, 0.2) is 0 Å². The van der Waals surface area contributed by atoms with Crippen LogP contribution in [0.3, 0.4) is 0 Å². The number of hydrogen-bond donors (Lipinski definition) is 1. The van der Waals surface area contributed by atoms with Crippen molar-refractivity contribution in [3.63, 3.8) is 0 Å². The highest BCUT2D eigenvalue weighted by Gasteiger charge is 2.43. The first-order valence-corrected chi connectivity index (χ1v) is 9.76. The Labute approximate surface area is 171 Å². The lowest BCUT2D eigenvalue weighted by Crippen LogP contribution is -2.42. The van der Waals surface area contributed by atoms with Crippen LogP contribution in [0, 0.1) is 6.92 Å². The fourth-order valence-electron chi connectivity index (χ4n) is 3.82. The lowest BCUT2D eigenvalue weighted by molar-refractivity contribution is -0.119. The summed E-state index contributed by atoms with van der Waals surface area (Å²) in [5.74, 6) is -0.0787. The van der Waals surface area contributed by atoms with Gasteiger partial charge in [0, 0.05) is 5.69 Å². The molecule has 0 aromatic heterocycles. The number of rotatable bonds is 5. The molecular formula is C27H23NO. The predicted octanol–water partition coefficient (Wildman–Crippen LogP) is 5.97. The molecule has 0 fully saturated rings. The second-order valence-corrected chi connectivity index (χ2v) is 7.17. The van der Waals surface area contributed by atoms with Gasteiger partial charge in [-0.15, -0.1) is 0 Å². The molecule has 2 heteroatoms. The van der Waals surface area contributed by atoms with E-state index in [1.165, 1.54) is 0 Å². The normalized spacial score (nSPS) is 11.1. The molecule has 2 nitrogen and oxygen atoms in total. The summed E-state index contributed by atoms with van der Waals surface area (Å²) in [5.41, 5.74) is 3.77. The molecule has 4 aromatic carbocycles. The number of carbonyl (C=O) groups is 1. The Kier molecular flexibility index (Phi) is 5.26. The van der Waals surface area contributed by atoms with Crippen molar-refractivity contribution in [2.45, 2.75) is 12.3 Å². The number of benzene rings is 4. The SMILES string of the molecule is Cc1ccc(NC(=O)C(c2ccccc2)(c2ccccc2)c2ccccc2)cc1. The lowest BCUT2D eigenvalue weighted by Gasteiger charge is -2.34. The van der Waals surface area contributed by atoms with Crippen LogP contribution in [-0.4, -0.2) is 5.91 Å². The molecule has 0 spiro atoms. The van der Waals surface area contributed by atoms with Crippen LogP contribution in [0.1, 0.15) is 22.3 Å². The molecule has 1 amide bonds. The van der Waals surface area contributed by atoms with E-state index in [1.54, 1.807) is 0 Å². The van der Waals surface area contributed by atoms with Crippen LogP contribution in [0.4, 0.5) is 5.69 Å². The average molecular weight is 377 g/mol. The van der Waals surface area contributed by atoms with E-state index in [-0.39, 0.29) is 5.91 Å². The zero-order valence-electron chi connectivity index (χ0n) is 16.4. The summed E-state index contributed by atoms with van der Waals surface area (Å²) in [4.78, 5) is 14.0. The maximum absolute atomic E-state index is 14.0. The summed E-state index contributed by atoms with van der Waals surface area (Å²) in [7, 11) is 0. The third kappa shape index (κ3) is 3.57. The van der Waals surface area contributed by atoms with Crippen LogP contribution in [0.5, 0.6) is 0 Å². The summed E-state index contributed by atoms with van der Waals surface area (Å²) >= 11 is 0. The van der Waals surface area contributed by atoms with Gasteiger partial charge in [-0.3, -0.25) is 4.79 Å². The predicted molar refractivity (Wildman–Crippen MR) is 119 cm³/mol. The van der Waals surface area contributed by atoms with Crippen LogP contribution in [0.15, 0.2) is 115 Å². The smallest absolute Gasteiger partial charge is 0.244 e. The van der Waals surface area contributed by atoms with Gasteiger partial charge >= 0.3 is 0 Å². The van der Waals surface area contributed by atoms with Crippen molar-refractivity contribution < 1.29 is 4.79 Å². The Morgan fingerprint density at radius 3 is 1.34 bits per heavy atom. The minimum absolute atomic E-state index is 0.0787. The van der Waals surface area contributed by atoms with Crippen molar-refractivity contribution in [3.8, 4) is 0 Å². The van der Waals surface area contributed by atoms with Crippen molar-refractivity contribution in [2.75, 3.05) is 5.32 Å². The minimum Gasteiger partial charge on any atom is -0.325 e. The highest BCUT2D eigenvalue weighted by Crippen LogP contribution is 2.40. The highest BCUT2D eigenvalue weighted by atomic mass is 16.2. The molecule has 0 heterocycles. The van der Waals surface area contributed by atoms with Crippen molar-refractivity contribution in [1.82, 2.24) is 0 Å². The maximum Gasteiger partial charge on any atom is 0.244 e. The molecule has 29 heavy (non-hydrogen) atoms. The van der Waals surface area contributed by atoms with E-state index in [1.807, 2.05) is 122 Å². The van der Waals surface area contributed by atoms with E-state index in [0.29, 0.717) is 0 Å². The zero-order valence-corrected chi connectivity index (χ0v) is 16.4. The summed E-state index contributed by atoms with van der Waals surface area (Å²) in [6.45, 7) is 2.04. The first kappa shape index (κ1) is 18.7. The zero-order chi connectivity index (χ0) is 20.1. The number of nitrogens with one attached hydrogen (secondary N) is 1. The Bertz CT molecular complexity index is 975. The molecule has 0 aliphatic carbocycles. The minimum atomic E-state index is -0.964. The first-order valence-electron chi connectivity index (χ1n) is 9.76. The molecule has 0 saturated carbocycles. The van der Waals surface area contributed by atoms with E-state index in [0.717, 1.165) is 27.9 Å². The van der Waals surface area contributed by atoms with Gasteiger partial charge in [-0.1, -0.05) is 109 Å². The number of anilines is 1. The van der Waals surface area contributed by atoms with Gasteiger partial charge in [0.2, 0.25) is 5.91 Å². The van der Waals surface area contributed by atoms with Gasteiger partial charge in [-0.05, 0) is 35.7 Å². The van der Waals surface area contributed by atoms with Crippen molar-refractivity contribution in [2.24, 2.45) is 0 Å². The Morgan fingerprint density at radius 1 is 0.586 bits per heavy atom. The van der Waals surface area contributed by atoms with E-state index in [9.17, 15) is 4.79 Å². The number of carbonyl (C=O) groups excluding carboxylic acids is 1. The van der Waals surface area contributed by atoms with Gasteiger partial charge < -0.3 is 5.32 Å². The fraction of sp³-hybridized carbons (Fsp3) is 0.0741. The summed E-state index contributed by atoms with van der Waals surface area (Å²) in [5, 5.41) is 3.17. The molecule has 142 valence electrons. The second-order valence-electron chi connectivity index (χ2n) is 7.17. The number of aryl methyl sites for hydroxylation is 1. The monoisotopic (exact) mass is 377 g/mol. The topological polar surface area (TPSA) is 29.1 Å². The Balaban J connectivity index is 1.94. The molecule has 0 atom stereocenters. The summed E-state index contributed by atoms with van der Waals surface area (Å²) in [6, 6.07) is 37.8. The van der Waals surface area contributed by atoms with Gasteiger partial charge in [-0.2, -0.15) is 0 Å². The van der Waals surface area contributed by atoms with Crippen LogP contribution in [0.2, 0.25) is 0 Å². The highest BCUT2D eigenvalue weighted by molar-refractivity contribution is 6.04. The van der Waals surface area contributed by atoms with Crippen LogP contribution < -0.4 is 5.32 Å². The third-order valence-corrected chi connectivity index (χ3v) is 5.27. The van der Waals surface area contributed by atoms with E-state index in [4.69, 9.17) is 0 Å². The number of amides is 1. The van der Waals surface area contributed by atoms with Crippen LogP contribution >= 0.6 is 0 Å². The fourth-order valence-corrected chi connectivity index (χ4v) is 3.82. The average Bonchev–Trinajstić information content (AvgIpc) is 2.78. The van der Waals surface area contributed by atoms with E-state index in [2.05, 4.69) is 5.32 Å². The van der Waals surface area contributed by atoms with Gasteiger partial charge in [-0.25, -0.2) is 0 Å². The summed E-state index contributed by atoms with van der Waals surface area (Å²) < 4.78 is 0. The molecule has 4 rings (SSSR count). The van der Waals surface area contributed by atoms with Crippen molar-refractivity contribution >= 4 is 11.6 Å². The van der Waals surface area contributed by atoms with Crippen molar-refractivity contribution in [3.05, 3.63) is 138 Å². The van der Waals surface area contributed by atoms with Crippen molar-refractivity contribution in [1.29, 1.82) is 0 Å². The standard InChI is InChI=1S/C27H23NO/c1-21-17-19-25(20-18-21)28-26(29)27(22-11-5-2-6-12-22,23-13-7-3-8-14-23)24-15-9-4-10-16-24/h2-20H,1H3,(H,28,29). The molecule has 0 aliphatic heterocycles. The molecular weight excluding hydrogens is 354 g/mol. The van der Waals surface area contributed by atoms with E-state index < -0.39 is 5.41 Å². The Hall–Kier alpha value is -3.65. The molecule has 0 unspecified atom stereocenters. The van der Waals surface area contributed by atoms with E-state index >= 15 is 0 Å². The van der Waals surface area contributed by atoms with Crippen LogP contribution in [-0.2, 0) is 10.2 Å². The molecule has 0 saturated heterocycles. The molecule has 0 bridgehead atoms. The number of hydrogen-bond acceptors (Lipinski definition) is 1. The van der Waals surface area contributed by atoms with Gasteiger partial charge in [0.05, 0.1) is 0 Å². The molecule has 0 radical (unpaired) electrons. The first-order chi connectivity index (χ1) is 14.2. The summed E-state index contributed by atoms with van der Waals surface area (Å²) in [6.07, 6.45) is 0. The third-order valence-electron chi connectivity index (χ3n) is 5.27.